The van der Waals surface area contributed by atoms with Crippen molar-refractivity contribution in [2.75, 3.05) is 44.4 Å². The summed E-state index contributed by atoms with van der Waals surface area (Å²) in [6.07, 6.45) is 5.84. The highest BCUT2D eigenvalue weighted by molar-refractivity contribution is 5.48. The minimum absolute atomic E-state index is 0.255. The van der Waals surface area contributed by atoms with E-state index in [1.54, 1.807) is 0 Å². The molecule has 1 saturated heterocycles. The van der Waals surface area contributed by atoms with Crippen LogP contribution < -0.4 is 4.90 Å². The van der Waals surface area contributed by atoms with Gasteiger partial charge in [0.2, 0.25) is 0 Å². The molecule has 142 valence electrons. The number of ether oxygens (including phenoxy) is 1. The molecule has 0 atom stereocenters. The summed E-state index contributed by atoms with van der Waals surface area (Å²) in [5.74, 6) is 0. The van der Waals surface area contributed by atoms with Gasteiger partial charge in [-0.25, -0.2) is 0 Å². The third-order valence-corrected chi connectivity index (χ3v) is 4.92. The summed E-state index contributed by atoms with van der Waals surface area (Å²) in [4.78, 5) is 4.97. The molecule has 2 rings (SSSR count). The van der Waals surface area contributed by atoms with E-state index in [1.165, 1.54) is 43.6 Å². The van der Waals surface area contributed by atoms with Crippen LogP contribution in [0.4, 0.5) is 5.69 Å². The molecule has 0 bridgehead atoms. The van der Waals surface area contributed by atoms with Gasteiger partial charge in [0.15, 0.2) is 0 Å². The maximum Gasteiger partial charge on any atom is 0.0641 e. The van der Waals surface area contributed by atoms with E-state index in [0.29, 0.717) is 6.04 Å². The second-order valence-corrected chi connectivity index (χ2v) is 7.33. The Morgan fingerprint density at radius 3 is 2.40 bits per heavy atom. The molecule has 1 aliphatic heterocycles. The first kappa shape index (κ1) is 20.2. The Bertz CT molecular complexity index is 455. The van der Waals surface area contributed by atoms with Gasteiger partial charge in [-0.3, -0.25) is 4.90 Å². The number of aliphatic hydroxyl groups is 1. The third kappa shape index (κ3) is 7.35. The maximum absolute atomic E-state index is 8.79. The number of unbranched alkanes of at least 4 members (excludes halogenated alkanes) is 1. The van der Waals surface area contributed by atoms with Gasteiger partial charge in [0.25, 0.3) is 0 Å². The lowest BCUT2D eigenvalue weighted by atomic mass is 10.1. The van der Waals surface area contributed by atoms with E-state index in [-0.39, 0.29) is 6.61 Å². The van der Waals surface area contributed by atoms with Crippen LogP contribution in [-0.4, -0.2) is 55.5 Å². The zero-order valence-corrected chi connectivity index (χ0v) is 16.1. The number of nitrogens with zero attached hydrogens (tertiary/aromatic N) is 2. The normalized spacial score (nSPS) is 15.7. The molecule has 1 N–H and O–H groups in total. The van der Waals surface area contributed by atoms with E-state index in [9.17, 15) is 0 Å². The Balaban J connectivity index is 1.81. The molecule has 1 fully saturated rings. The Kier molecular flexibility index (Phi) is 9.30. The van der Waals surface area contributed by atoms with Crippen LogP contribution in [0.5, 0.6) is 0 Å². The summed E-state index contributed by atoms with van der Waals surface area (Å²) >= 11 is 0. The number of benzene rings is 1. The molecular formula is C21H36N2O2. The lowest BCUT2D eigenvalue weighted by Crippen LogP contribution is -2.34. The van der Waals surface area contributed by atoms with E-state index < -0.39 is 0 Å². The largest absolute Gasteiger partial charge is 0.396 e. The molecule has 25 heavy (non-hydrogen) atoms. The minimum atomic E-state index is 0.255. The molecule has 1 aliphatic rings. The van der Waals surface area contributed by atoms with Gasteiger partial charge >= 0.3 is 0 Å². The zero-order chi connectivity index (χ0) is 17.9. The molecule has 0 amide bonds. The molecule has 1 aromatic rings. The summed E-state index contributed by atoms with van der Waals surface area (Å²) in [6, 6.07) is 9.52. The van der Waals surface area contributed by atoms with Gasteiger partial charge in [0.1, 0.15) is 0 Å². The van der Waals surface area contributed by atoms with Crippen molar-refractivity contribution in [3.05, 3.63) is 29.8 Å². The SMILES string of the molecule is CC(C)N(CCOCCCCO)c1ccc(CN2CCCCC2)cc1. The van der Waals surface area contributed by atoms with Crippen molar-refractivity contribution in [3.63, 3.8) is 0 Å². The molecule has 1 aromatic carbocycles. The van der Waals surface area contributed by atoms with Gasteiger partial charge in [0.05, 0.1) is 6.61 Å². The Hall–Kier alpha value is -1.10. The van der Waals surface area contributed by atoms with Crippen molar-refractivity contribution in [3.8, 4) is 0 Å². The lowest BCUT2D eigenvalue weighted by Gasteiger charge is -2.30. The molecule has 0 aromatic heterocycles. The first-order chi connectivity index (χ1) is 12.2. The minimum Gasteiger partial charge on any atom is -0.396 e. The zero-order valence-electron chi connectivity index (χ0n) is 16.1. The summed E-state index contributed by atoms with van der Waals surface area (Å²) in [7, 11) is 0. The number of hydrogen-bond acceptors (Lipinski definition) is 4. The van der Waals surface area contributed by atoms with Crippen LogP contribution in [0, 0.1) is 0 Å². The first-order valence-electron chi connectivity index (χ1n) is 9.97. The van der Waals surface area contributed by atoms with E-state index >= 15 is 0 Å². The second kappa shape index (κ2) is 11.5. The standard InChI is InChI=1S/C21H36N2O2/c1-19(2)23(14-17-25-16-7-6-15-24)21-10-8-20(9-11-21)18-22-12-4-3-5-13-22/h8-11,19,24H,3-7,12-18H2,1-2H3. The molecule has 0 unspecified atom stereocenters. The van der Waals surface area contributed by atoms with Crippen molar-refractivity contribution in [1.82, 2.24) is 4.90 Å². The maximum atomic E-state index is 8.79. The van der Waals surface area contributed by atoms with Crippen LogP contribution in [-0.2, 0) is 11.3 Å². The van der Waals surface area contributed by atoms with Crippen LogP contribution in [0.25, 0.3) is 0 Å². The first-order valence-corrected chi connectivity index (χ1v) is 9.97. The fraction of sp³-hybridized carbons (Fsp3) is 0.714. The third-order valence-electron chi connectivity index (χ3n) is 4.92. The van der Waals surface area contributed by atoms with Gasteiger partial charge in [-0.15, -0.1) is 0 Å². The fourth-order valence-electron chi connectivity index (χ4n) is 3.43. The summed E-state index contributed by atoms with van der Waals surface area (Å²) in [5.41, 5.74) is 2.69. The van der Waals surface area contributed by atoms with Crippen LogP contribution >= 0.6 is 0 Å². The fourth-order valence-corrected chi connectivity index (χ4v) is 3.43. The molecule has 0 radical (unpaired) electrons. The molecule has 4 nitrogen and oxygen atoms in total. The van der Waals surface area contributed by atoms with Gasteiger partial charge < -0.3 is 14.7 Å². The quantitative estimate of drug-likeness (QED) is 0.619. The van der Waals surface area contributed by atoms with E-state index in [2.05, 4.69) is 47.9 Å². The molecule has 4 heteroatoms. The molecule has 0 spiro atoms. The molecule has 1 heterocycles. The number of hydrogen-bond donors (Lipinski definition) is 1. The Morgan fingerprint density at radius 1 is 1.04 bits per heavy atom. The predicted octanol–water partition coefficient (Wildman–Crippen LogP) is 3.68. The lowest BCUT2D eigenvalue weighted by molar-refractivity contribution is 0.130. The highest BCUT2D eigenvalue weighted by atomic mass is 16.5. The molecular weight excluding hydrogens is 312 g/mol. The average Bonchev–Trinajstić information content (AvgIpc) is 2.63. The predicted molar refractivity (Wildman–Crippen MR) is 105 cm³/mol. The molecule has 0 aliphatic carbocycles. The number of anilines is 1. The Labute approximate surface area is 153 Å². The highest BCUT2D eigenvalue weighted by Gasteiger charge is 2.12. The van der Waals surface area contributed by atoms with Crippen LogP contribution in [0.1, 0.15) is 51.5 Å². The van der Waals surface area contributed by atoms with Crippen molar-refractivity contribution < 1.29 is 9.84 Å². The summed E-state index contributed by atoms with van der Waals surface area (Å²) < 4.78 is 5.70. The monoisotopic (exact) mass is 348 g/mol. The number of aliphatic hydroxyl groups excluding tert-OH is 1. The van der Waals surface area contributed by atoms with Crippen molar-refractivity contribution in [1.29, 1.82) is 0 Å². The van der Waals surface area contributed by atoms with Gasteiger partial charge in [-0.2, -0.15) is 0 Å². The number of rotatable bonds is 11. The Morgan fingerprint density at radius 2 is 1.76 bits per heavy atom. The molecule has 0 saturated carbocycles. The topological polar surface area (TPSA) is 35.9 Å². The average molecular weight is 349 g/mol. The second-order valence-electron chi connectivity index (χ2n) is 7.33. The van der Waals surface area contributed by atoms with E-state index in [4.69, 9.17) is 9.84 Å². The number of piperidine rings is 1. The number of likely N-dealkylation sites (tertiary alicyclic amines) is 1. The van der Waals surface area contributed by atoms with E-state index in [1.807, 2.05) is 0 Å². The van der Waals surface area contributed by atoms with Gasteiger partial charge in [-0.1, -0.05) is 18.6 Å². The van der Waals surface area contributed by atoms with Gasteiger partial charge in [-0.05, 0) is 70.3 Å². The van der Waals surface area contributed by atoms with Crippen molar-refractivity contribution in [2.24, 2.45) is 0 Å². The van der Waals surface area contributed by atoms with Crippen molar-refractivity contribution in [2.45, 2.75) is 58.5 Å². The van der Waals surface area contributed by atoms with Crippen molar-refractivity contribution >= 4 is 5.69 Å². The van der Waals surface area contributed by atoms with Crippen LogP contribution in [0.2, 0.25) is 0 Å². The summed E-state index contributed by atoms with van der Waals surface area (Å²) in [6.45, 7) is 10.7. The van der Waals surface area contributed by atoms with Gasteiger partial charge in [0, 0.05) is 38.0 Å². The van der Waals surface area contributed by atoms with Crippen LogP contribution in [0.15, 0.2) is 24.3 Å². The van der Waals surface area contributed by atoms with E-state index in [0.717, 1.165) is 39.1 Å². The van der Waals surface area contributed by atoms with Crippen LogP contribution in [0.3, 0.4) is 0 Å². The summed E-state index contributed by atoms with van der Waals surface area (Å²) in [5, 5.41) is 8.79. The highest BCUT2D eigenvalue weighted by Crippen LogP contribution is 2.20. The smallest absolute Gasteiger partial charge is 0.0641 e.